The van der Waals surface area contributed by atoms with Crippen molar-refractivity contribution in [3.8, 4) is 11.8 Å². The first kappa shape index (κ1) is 14.0. The van der Waals surface area contributed by atoms with Gasteiger partial charge in [0.15, 0.2) is 0 Å². The van der Waals surface area contributed by atoms with E-state index in [1.165, 1.54) is 18.9 Å². The van der Waals surface area contributed by atoms with Crippen LogP contribution in [0.15, 0.2) is 18.2 Å². The van der Waals surface area contributed by atoms with E-state index in [1.807, 2.05) is 0 Å². The quantitative estimate of drug-likeness (QED) is 0.783. The summed E-state index contributed by atoms with van der Waals surface area (Å²) < 4.78 is 13.5. The number of benzene rings is 1. The van der Waals surface area contributed by atoms with Gasteiger partial charge in [0.25, 0.3) is 0 Å². The Morgan fingerprint density at radius 3 is 2.74 bits per heavy atom. The monoisotopic (exact) mass is 263 g/mol. The molecule has 0 atom stereocenters. The molecule has 0 aliphatic heterocycles. The molecule has 0 unspecified atom stereocenters. The molecule has 1 fully saturated rings. The first-order valence-corrected chi connectivity index (χ1v) is 6.47. The van der Waals surface area contributed by atoms with Crippen molar-refractivity contribution < 1.29 is 14.6 Å². The largest absolute Gasteiger partial charge is 0.395 e. The SMILES string of the molecule is OCC#Cc1cc(CN(CCO)C2CC2)ccc1F. The van der Waals surface area contributed by atoms with Gasteiger partial charge >= 0.3 is 0 Å². The lowest BCUT2D eigenvalue weighted by Crippen LogP contribution is -2.28. The molecule has 19 heavy (non-hydrogen) atoms. The highest BCUT2D eigenvalue weighted by molar-refractivity contribution is 5.38. The first-order chi connectivity index (χ1) is 9.24. The average molecular weight is 263 g/mol. The van der Waals surface area contributed by atoms with Crippen molar-refractivity contribution in [3.05, 3.63) is 35.1 Å². The Hall–Kier alpha value is -1.41. The van der Waals surface area contributed by atoms with Gasteiger partial charge in [-0.1, -0.05) is 17.9 Å². The van der Waals surface area contributed by atoms with E-state index in [4.69, 9.17) is 10.2 Å². The predicted molar refractivity (Wildman–Crippen MR) is 70.9 cm³/mol. The second kappa shape index (κ2) is 6.67. The normalized spacial score (nSPS) is 14.3. The molecule has 2 rings (SSSR count). The molecular weight excluding hydrogens is 245 g/mol. The minimum absolute atomic E-state index is 0.134. The minimum atomic E-state index is -0.371. The van der Waals surface area contributed by atoms with Crippen molar-refractivity contribution in [3.63, 3.8) is 0 Å². The molecule has 0 bridgehead atoms. The molecule has 2 N–H and O–H groups in total. The second-order valence-corrected chi connectivity index (χ2v) is 4.70. The van der Waals surface area contributed by atoms with Gasteiger partial charge in [-0.25, -0.2) is 4.39 Å². The summed E-state index contributed by atoms with van der Waals surface area (Å²) in [5, 5.41) is 17.7. The van der Waals surface area contributed by atoms with Gasteiger partial charge in [0.2, 0.25) is 0 Å². The van der Waals surface area contributed by atoms with Gasteiger partial charge in [0, 0.05) is 19.1 Å². The van der Waals surface area contributed by atoms with Crippen LogP contribution in [0.3, 0.4) is 0 Å². The lowest BCUT2D eigenvalue weighted by Gasteiger charge is -2.20. The number of aliphatic hydroxyl groups is 2. The van der Waals surface area contributed by atoms with Gasteiger partial charge < -0.3 is 10.2 Å². The maximum atomic E-state index is 13.5. The van der Waals surface area contributed by atoms with Crippen LogP contribution >= 0.6 is 0 Å². The third-order valence-electron chi connectivity index (χ3n) is 3.17. The Balaban J connectivity index is 2.10. The third kappa shape index (κ3) is 4.03. The zero-order chi connectivity index (χ0) is 13.7. The lowest BCUT2D eigenvalue weighted by atomic mass is 10.1. The van der Waals surface area contributed by atoms with Crippen LogP contribution in [0.25, 0.3) is 0 Å². The predicted octanol–water partition coefficient (Wildman–Crippen LogP) is 1.13. The summed E-state index contributed by atoms with van der Waals surface area (Å²) in [7, 11) is 0. The number of rotatable bonds is 5. The van der Waals surface area contributed by atoms with E-state index >= 15 is 0 Å². The topological polar surface area (TPSA) is 43.7 Å². The molecular formula is C15H18FNO2. The van der Waals surface area contributed by atoms with Gasteiger partial charge in [-0.05, 0) is 30.5 Å². The van der Waals surface area contributed by atoms with Crippen LogP contribution in [0.4, 0.5) is 4.39 Å². The number of aliphatic hydroxyl groups excluding tert-OH is 2. The summed E-state index contributed by atoms with van der Waals surface area (Å²) in [4.78, 5) is 2.20. The van der Waals surface area contributed by atoms with E-state index < -0.39 is 0 Å². The van der Waals surface area contributed by atoms with Crippen LogP contribution < -0.4 is 0 Å². The Bertz CT molecular complexity index is 489. The van der Waals surface area contributed by atoms with Crippen LogP contribution in [-0.2, 0) is 6.54 Å². The Morgan fingerprint density at radius 2 is 2.11 bits per heavy atom. The number of nitrogens with zero attached hydrogens (tertiary/aromatic N) is 1. The third-order valence-corrected chi connectivity index (χ3v) is 3.17. The molecule has 1 aliphatic rings. The Labute approximate surface area is 112 Å². The average Bonchev–Trinajstić information content (AvgIpc) is 3.23. The van der Waals surface area contributed by atoms with E-state index in [0.29, 0.717) is 24.7 Å². The molecule has 1 aromatic rings. The highest BCUT2D eigenvalue weighted by Gasteiger charge is 2.28. The van der Waals surface area contributed by atoms with Crippen LogP contribution in [0.5, 0.6) is 0 Å². The summed E-state index contributed by atoms with van der Waals surface area (Å²) in [6, 6.07) is 5.40. The van der Waals surface area contributed by atoms with E-state index in [0.717, 1.165) is 5.56 Å². The maximum Gasteiger partial charge on any atom is 0.138 e. The molecule has 1 aliphatic carbocycles. The standard InChI is InChI=1S/C15H18FNO2/c16-15-6-3-12(10-13(15)2-1-8-18)11-17(7-9-19)14-4-5-14/h3,6,10,14,18-19H,4-5,7-9,11H2. The fourth-order valence-corrected chi connectivity index (χ4v) is 2.09. The molecule has 1 saturated carbocycles. The van der Waals surface area contributed by atoms with E-state index in [1.54, 1.807) is 12.1 Å². The van der Waals surface area contributed by atoms with Crippen LogP contribution in [0.2, 0.25) is 0 Å². The summed E-state index contributed by atoms with van der Waals surface area (Å²) in [6.07, 6.45) is 2.33. The highest BCUT2D eigenvalue weighted by Crippen LogP contribution is 2.28. The minimum Gasteiger partial charge on any atom is -0.395 e. The fourth-order valence-electron chi connectivity index (χ4n) is 2.09. The van der Waals surface area contributed by atoms with Gasteiger partial charge in [-0.2, -0.15) is 0 Å². The molecule has 0 aromatic heterocycles. The molecule has 1 aromatic carbocycles. The van der Waals surface area contributed by atoms with Crippen molar-refractivity contribution in [2.24, 2.45) is 0 Å². The zero-order valence-corrected chi connectivity index (χ0v) is 10.8. The number of halogens is 1. The van der Waals surface area contributed by atoms with Crippen molar-refractivity contribution in [2.75, 3.05) is 19.8 Å². The summed E-state index contributed by atoms with van der Waals surface area (Å²) in [5.41, 5.74) is 1.29. The molecule has 0 radical (unpaired) electrons. The second-order valence-electron chi connectivity index (χ2n) is 4.70. The van der Waals surface area contributed by atoms with Crippen LogP contribution in [0.1, 0.15) is 24.0 Å². The summed E-state index contributed by atoms with van der Waals surface area (Å²) in [6.45, 7) is 1.19. The molecule has 4 heteroatoms. The molecule has 0 amide bonds. The summed E-state index contributed by atoms with van der Waals surface area (Å²) >= 11 is 0. The lowest BCUT2D eigenvalue weighted by molar-refractivity contribution is 0.183. The molecule has 102 valence electrons. The highest BCUT2D eigenvalue weighted by atomic mass is 19.1. The fraction of sp³-hybridized carbons (Fsp3) is 0.467. The van der Waals surface area contributed by atoms with Gasteiger partial charge in [0.05, 0.1) is 12.2 Å². The summed E-state index contributed by atoms with van der Waals surface area (Å²) in [5.74, 6) is 4.70. The molecule has 0 saturated heterocycles. The van der Waals surface area contributed by atoms with Gasteiger partial charge in [0.1, 0.15) is 12.4 Å². The van der Waals surface area contributed by atoms with Gasteiger partial charge in [-0.15, -0.1) is 0 Å². The molecule has 0 spiro atoms. The van der Waals surface area contributed by atoms with Crippen LogP contribution in [0, 0.1) is 17.7 Å². The van der Waals surface area contributed by atoms with Crippen molar-refractivity contribution >= 4 is 0 Å². The van der Waals surface area contributed by atoms with Crippen LogP contribution in [-0.4, -0.2) is 40.9 Å². The molecule has 0 heterocycles. The Morgan fingerprint density at radius 1 is 1.32 bits per heavy atom. The first-order valence-electron chi connectivity index (χ1n) is 6.47. The van der Waals surface area contributed by atoms with E-state index in [-0.39, 0.29) is 19.0 Å². The van der Waals surface area contributed by atoms with E-state index in [9.17, 15) is 4.39 Å². The van der Waals surface area contributed by atoms with Crippen molar-refractivity contribution in [2.45, 2.75) is 25.4 Å². The van der Waals surface area contributed by atoms with Crippen molar-refractivity contribution in [1.82, 2.24) is 4.90 Å². The smallest absolute Gasteiger partial charge is 0.138 e. The zero-order valence-electron chi connectivity index (χ0n) is 10.8. The molecule has 3 nitrogen and oxygen atoms in total. The van der Waals surface area contributed by atoms with Gasteiger partial charge in [-0.3, -0.25) is 4.90 Å². The Kier molecular flexibility index (Phi) is 4.92. The maximum absolute atomic E-state index is 13.5. The van der Waals surface area contributed by atoms with E-state index in [2.05, 4.69) is 16.7 Å². The number of hydrogen-bond donors (Lipinski definition) is 2. The number of hydrogen-bond acceptors (Lipinski definition) is 3. The van der Waals surface area contributed by atoms with Crippen molar-refractivity contribution in [1.29, 1.82) is 0 Å².